The van der Waals surface area contributed by atoms with Gasteiger partial charge in [-0.05, 0) is 53.5 Å². The highest BCUT2D eigenvalue weighted by Crippen LogP contribution is 2.34. The zero-order valence-corrected chi connectivity index (χ0v) is 14.3. The zero-order chi connectivity index (χ0) is 17.5. The van der Waals surface area contributed by atoms with Gasteiger partial charge in [0.2, 0.25) is 0 Å². The van der Waals surface area contributed by atoms with E-state index in [2.05, 4.69) is 35.9 Å². The number of hydrogen-bond donors (Lipinski definition) is 1. The van der Waals surface area contributed by atoms with Crippen LogP contribution in [0.5, 0.6) is 0 Å². The number of H-pyrrole nitrogens is 1. The second-order valence-electron chi connectivity index (χ2n) is 5.33. The monoisotopic (exact) mass is 396 g/mol. The van der Waals surface area contributed by atoms with Crippen LogP contribution in [0.3, 0.4) is 0 Å². The molecule has 0 unspecified atom stereocenters. The topological polar surface area (TPSA) is 54.5 Å². The predicted octanol–water partition coefficient (Wildman–Crippen LogP) is 4.93. The standard InChI is InChI=1S/C16H12BrF3N4/c1-8-5-10(3-4-11(8)16(18,19)20)12-6-9(2)22-15(23-12)14-21-7-13(17)24-14/h3-7H,1-2H3,(H,21,24). The minimum atomic E-state index is -4.37. The van der Waals surface area contributed by atoms with Crippen molar-refractivity contribution in [2.45, 2.75) is 20.0 Å². The molecule has 1 N–H and O–H groups in total. The van der Waals surface area contributed by atoms with E-state index in [0.717, 1.165) is 6.07 Å². The van der Waals surface area contributed by atoms with Crippen LogP contribution in [0.4, 0.5) is 13.2 Å². The van der Waals surface area contributed by atoms with E-state index in [4.69, 9.17) is 0 Å². The highest BCUT2D eigenvalue weighted by molar-refractivity contribution is 9.10. The van der Waals surface area contributed by atoms with Crippen LogP contribution in [-0.4, -0.2) is 19.9 Å². The molecular formula is C16H12BrF3N4. The Morgan fingerprint density at radius 3 is 2.42 bits per heavy atom. The van der Waals surface area contributed by atoms with Crippen molar-refractivity contribution in [3.8, 4) is 22.9 Å². The SMILES string of the molecule is Cc1cc(-c2ccc(C(F)(F)F)c(C)c2)nc(-c2ncc(Br)[nH]2)n1. The highest BCUT2D eigenvalue weighted by Gasteiger charge is 2.32. The molecule has 8 heteroatoms. The fourth-order valence-corrected chi connectivity index (χ4v) is 2.67. The fraction of sp³-hybridized carbons (Fsp3) is 0.188. The van der Waals surface area contributed by atoms with Gasteiger partial charge in [0.1, 0.15) is 4.60 Å². The van der Waals surface area contributed by atoms with Crippen molar-refractivity contribution >= 4 is 15.9 Å². The lowest BCUT2D eigenvalue weighted by Gasteiger charge is -2.12. The lowest BCUT2D eigenvalue weighted by atomic mass is 10.0. The number of alkyl halides is 3. The molecule has 3 aromatic rings. The highest BCUT2D eigenvalue weighted by atomic mass is 79.9. The Kier molecular flexibility index (Phi) is 4.16. The fourth-order valence-electron chi connectivity index (χ4n) is 2.38. The van der Waals surface area contributed by atoms with Crippen molar-refractivity contribution in [3.63, 3.8) is 0 Å². The summed E-state index contributed by atoms with van der Waals surface area (Å²) >= 11 is 3.27. The van der Waals surface area contributed by atoms with Gasteiger partial charge in [-0.1, -0.05) is 6.07 Å². The second-order valence-corrected chi connectivity index (χ2v) is 6.18. The molecular weight excluding hydrogens is 385 g/mol. The number of aromatic nitrogens is 4. The van der Waals surface area contributed by atoms with Gasteiger partial charge in [0, 0.05) is 11.3 Å². The van der Waals surface area contributed by atoms with E-state index in [0.29, 0.717) is 33.2 Å². The normalized spacial score (nSPS) is 11.8. The number of hydrogen-bond acceptors (Lipinski definition) is 3. The van der Waals surface area contributed by atoms with Crippen LogP contribution in [0.25, 0.3) is 22.9 Å². The van der Waals surface area contributed by atoms with Gasteiger partial charge in [-0.2, -0.15) is 13.2 Å². The number of imidazole rings is 1. The van der Waals surface area contributed by atoms with Crippen molar-refractivity contribution in [3.05, 3.63) is 51.9 Å². The van der Waals surface area contributed by atoms with Crippen LogP contribution < -0.4 is 0 Å². The molecule has 0 fully saturated rings. The number of nitrogens with zero attached hydrogens (tertiary/aromatic N) is 3. The molecule has 0 aliphatic rings. The summed E-state index contributed by atoms with van der Waals surface area (Å²) < 4.78 is 39.4. The molecule has 0 saturated carbocycles. The molecule has 3 rings (SSSR count). The summed E-state index contributed by atoms with van der Waals surface area (Å²) in [7, 11) is 0. The molecule has 2 heterocycles. The second kappa shape index (κ2) is 6.01. The first kappa shape index (κ1) is 16.6. The lowest BCUT2D eigenvalue weighted by molar-refractivity contribution is -0.138. The summed E-state index contributed by atoms with van der Waals surface area (Å²) in [6.45, 7) is 3.23. The molecule has 0 radical (unpaired) electrons. The third-order valence-corrected chi connectivity index (χ3v) is 3.84. The first-order valence-corrected chi connectivity index (χ1v) is 7.78. The summed E-state index contributed by atoms with van der Waals surface area (Å²) in [5, 5.41) is 0. The Hall–Kier alpha value is -2.22. The lowest BCUT2D eigenvalue weighted by Crippen LogP contribution is -2.07. The number of aromatic amines is 1. The Labute approximate surface area is 144 Å². The minimum absolute atomic E-state index is 0.151. The molecule has 0 atom stereocenters. The van der Waals surface area contributed by atoms with Crippen molar-refractivity contribution in [1.82, 2.24) is 19.9 Å². The van der Waals surface area contributed by atoms with E-state index in [-0.39, 0.29) is 5.56 Å². The zero-order valence-electron chi connectivity index (χ0n) is 12.7. The van der Waals surface area contributed by atoms with Crippen LogP contribution >= 0.6 is 15.9 Å². The quantitative estimate of drug-likeness (QED) is 0.667. The smallest absolute Gasteiger partial charge is 0.330 e. The van der Waals surface area contributed by atoms with Gasteiger partial charge in [-0.15, -0.1) is 0 Å². The summed E-state index contributed by atoms with van der Waals surface area (Å²) in [4.78, 5) is 15.8. The van der Waals surface area contributed by atoms with Crippen molar-refractivity contribution in [2.24, 2.45) is 0 Å². The molecule has 1 aromatic carbocycles. The average molecular weight is 397 g/mol. The van der Waals surface area contributed by atoms with Gasteiger partial charge >= 0.3 is 6.18 Å². The van der Waals surface area contributed by atoms with E-state index >= 15 is 0 Å². The van der Waals surface area contributed by atoms with E-state index in [9.17, 15) is 13.2 Å². The molecule has 24 heavy (non-hydrogen) atoms. The Bertz CT molecular complexity index is 903. The number of benzene rings is 1. The van der Waals surface area contributed by atoms with Crippen molar-refractivity contribution in [1.29, 1.82) is 0 Å². The molecule has 0 saturated heterocycles. The van der Waals surface area contributed by atoms with E-state index in [1.165, 1.54) is 19.1 Å². The summed E-state index contributed by atoms with van der Waals surface area (Å²) in [5.41, 5.74) is 1.34. The van der Waals surface area contributed by atoms with Gasteiger partial charge in [0.05, 0.1) is 17.5 Å². The Morgan fingerprint density at radius 2 is 1.83 bits per heavy atom. The number of nitrogens with one attached hydrogen (secondary N) is 1. The summed E-state index contributed by atoms with van der Waals surface area (Å²) in [6.07, 6.45) is -2.78. The maximum absolute atomic E-state index is 12.9. The molecule has 0 bridgehead atoms. The minimum Gasteiger partial charge on any atom is -0.330 e. The maximum Gasteiger partial charge on any atom is 0.416 e. The van der Waals surface area contributed by atoms with Gasteiger partial charge in [0.15, 0.2) is 11.6 Å². The van der Waals surface area contributed by atoms with Crippen LogP contribution in [0, 0.1) is 13.8 Å². The van der Waals surface area contributed by atoms with E-state index in [1.807, 2.05) is 0 Å². The first-order chi connectivity index (χ1) is 11.2. The maximum atomic E-state index is 12.9. The van der Waals surface area contributed by atoms with Crippen molar-refractivity contribution < 1.29 is 13.2 Å². The van der Waals surface area contributed by atoms with E-state index < -0.39 is 11.7 Å². The predicted molar refractivity (Wildman–Crippen MR) is 87.2 cm³/mol. The van der Waals surface area contributed by atoms with E-state index in [1.54, 1.807) is 19.2 Å². The van der Waals surface area contributed by atoms with Gasteiger partial charge in [-0.25, -0.2) is 15.0 Å². The average Bonchev–Trinajstić information content (AvgIpc) is 2.92. The summed E-state index contributed by atoms with van der Waals surface area (Å²) in [6, 6.07) is 5.70. The molecule has 0 aliphatic heterocycles. The summed E-state index contributed by atoms with van der Waals surface area (Å²) in [5.74, 6) is 0.865. The first-order valence-electron chi connectivity index (χ1n) is 6.99. The largest absolute Gasteiger partial charge is 0.416 e. The van der Waals surface area contributed by atoms with Gasteiger partial charge < -0.3 is 4.98 Å². The number of rotatable bonds is 2. The van der Waals surface area contributed by atoms with Crippen LogP contribution in [0.2, 0.25) is 0 Å². The molecule has 124 valence electrons. The molecule has 0 spiro atoms. The van der Waals surface area contributed by atoms with Gasteiger partial charge in [-0.3, -0.25) is 0 Å². The molecule has 2 aromatic heterocycles. The van der Waals surface area contributed by atoms with Crippen molar-refractivity contribution in [2.75, 3.05) is 0 Å². The van der Waals surface area contributed by atoms with Crippen LogP contribution in [0.15, 0.2) is 35.1 Å². The Morgan fingerprint density at radius 1 is 1.08 bits per heavy atom. The Balaban J connectivity index is 2.07. The number of halogens is 4. The molecule has 0 amide bonds. The van der Waals surface area contributed by atoms with Crippen LogP contribution in [-0.2, 0) is 6.18 Å². The molecule has 0 aliphatic carbocycles. The van der Waals surface area contributed by atoms with Gasteiger partial charge in [0.25, 0.3) is 0 Å². The third kappa shape index (κ3) is 3.33. The third-order valence-electron chi connectivity index (χ3n) is 3.44. The number of aryl methyl sites for hydroxylation is 2. The molecule has 4 nitrogen and oxygen atoms in total. The van der Waals surface area contributed by atoms with Crippen LogP contribution in [0.1, 0.15) is 16.8 Å².